The summed E-state index contributed by atoms with van der Waals surface area (Å²) < 4.78 is 6.81. The molecular formula is C16H16BrClO. The Labute approximate surface area is 127 Å². The minimum Gasteiger partial charge on any atom is -0.494 e. The summed E-state index contributed by atoms with van der Waals surface area (Å²) in [4.78, 5) is 0. The third kappa shape index (κ3) is 4.55. The largest absolute Gasteiger partial charge is 0.494 e. The van der Waals surface area contributed by atoms with Crippen molar-refractivity contribution in [3.8, 4) is 5.75 Å². The second-order valence-electron chi connectivity index (χ2n) is 4.36. The number of para-hydroxylation sites is 1. The van der Waals surface area contributed by atoms with Crippen molar-refractivity contribution in [1.29, 1.82) is 0 Å². The van der Waals surface area contributed by atoms with E-state index in [-0.39, 0.29) is 0 Å². The number of rotatable bonds is 6. The summed E-state index contributed by atoms with van der Waals surface area (Å²) in [5, 5.41) is 0. The third-order valence-electron chi connectivity index (χ3n) is 2.98. The molecule has 0 N–H and O–H groups in total. The molecule has 0 amide bonds. The molecule has 0 aliphatic rings. The van der Waals surface area contributed by atoms with Gasteiger partial charge in [-0.3, -0.25) is 0 Å². The Morgan fingerprint density at radius 1 is 1.05 bits per heavy atom. The lowest BCUT2D eigenvalue weighted by atomic mass is 9.98. The molecule has 0 saturated carbocycles. The normalized spacial score (nSPS) is 12.1. The zero-order valence-electron chi connectivity index (χ0n) is 10.6. The van der Waals surface area contributed by atoms with Crippen molar-refractivity contribution in [3.05, 3.63) is 64.6 Å². The molecule has 1 unspecified atom stereocenters. The minimum absolute atomic E-state index is 0.322. The Bertz CT molecular complexity index is 501. The van der Waals surface area contributed by atoms with Crippen molar-refractivity contribution in [2.45, 2.75) is 12.3 Å². The average Bonchev–Trinajstić information content (AvgIpc) is 2.45. The van der Waals surface area contributed by atoms with Gasteiger partial charge in [-0.05, 0) is 36.2 Å². The lowest BCUT2D eigenvalue weighted by Gasteiger charge is -2.15. The van der Waals surface area contributed by atoms with Gasteiger partial charge in [-0.2, -0.15) is 0 Å². The van der Waals surface area contributed by atoms with E-state index in [1.807, 2.05) is 42.5 Å². The van der Waals surface area contributed by atoms with Crippen LogP contribution in [0.25, 0.3) is 0 Å². The Morgan fingerprint density at radius 3 is 2.53 bits per heavy atom. The molecule has 0 saturated heterocycles. The number of ether oxygens (including phenoxy) is 1. The summed E-state index contributed by atoms with van der Waals surface area (Å²) in [5.74, 6) is 1.84. The first-order valence-electron chi connectivity index (χ1n) is 6.29. The summed E-state index contributed by atoms with van der Waals surface area (Å²) >= 11 is 9.56. The molecule has 0 radical (unpaired) electrons. The smallest absolute Gasteiger partial charge is 0.119 e. The van der Waals surface area contributed by atoms with E-state index < -0.39 is 0 Å². The second-order valence-corrected chi connectivity index (χ2v) is 5.58. The molecular weight excluding hydrogens is 324 g/mol. The maximum Gasteiger partial charge on any atom is 0.119 e. The first-order chi connectivity index (χ1) is 9.29. The van der Waals surface area contributed by atoms with Gasteiger partial charge >= 0.3 is 0 Å². The molecule has 2 rings (SSSR count). The quantitative estimate of drug-likeness (QED) is 0.654. The summed E-state index contributed by atoms with van der Waals surface area (Å²) in [6.45, 7) is 0.675. The molecule has 3 heteroatoms. The highest BCUT2D eigenvalue weighted by Crippen LogP contribution is 2.24. The third-order valence-corrected chi connectivity index (χ3v) is 3.85. The Balaban J connectivity index is 1.89. The Hall–Kier alpha value is -0.990. The predicted molar refractivity (Wildman–Crippen MR) is 84.2 cm³/mol. The number of hydrogen-bond acceptors (Lipinski definition) is 1. The van der Waals surface area contributed by atoms with Crippen LogP contribution in [0.4, 0.5) is 0 Å². The van der Waals surface area contributed by atoms with Gasteiger partial charge in [-0.25, -0.2) is 0 Å². The monoisotopic (exact) mass is 338 g/mol. The van der Waals surface area contributed by atoms with E-state index in [0.717, 1.165) is 16.6 Å². The van der Waals surface area contributed by atoms with Crippen LogP contribution in [0, 0.1) is 0 Å². The van der Waals surface area contributed by atoms with Gasteiger partial charge in [0.15, 0.2) is 0 Å². The van der Waals surface area contributed by atoms with Gasteiger partial charge in [0, 0.05) is 16.3 Å². The lowest BCUT2D eigenvalue weighted by molar-refractivity contribution is 0.301. The van der Waals surface area contributed by atoms with Crippen LogP contribution in [0.3, 0.4) is 0 Å². The van der Waals surface area contributed by atoms with Gasteiger partial charge in [0.05, 0.1) is 6.61 Å². The minimum atomic E-state index is 0.322. The molecule has 19 heavy (non-hydrogen) atoms. The molecule has 0 aliphatic heterocycles. The van der Waals surface area contributed by atoms with E-state index in [1.165, 1.54) is 5.56 Å². The zero-order chi connectivity index (χ0) is 13.5. The highest BCUT2D eigenvalue weighted by molar-refractivity contribution is 9.10. The Kier molecular flexibility index (Phi) is 5.74. The maximum absolute atomic E-state index is 6.07. The highest BCUT2D eigenvalue weighted by atomic mass is 79.9. The first-order valence-corrected chi connectivity index (χ1v) is 7.61. The van der Waals surface area contributed by atoms with Crippen LogP contribution in [0.5, 0.6) is 5.75 Å². The van der Waals surface area contributed by atoms with Gasteiger partial charge in [-0.15, -0.1) is 11.6 Å². The summed E-state index contributed by atoms with van der Waals surface area (Å²) in [5.41, 5.74) is 1.25. The molecule has 2 aromatic carbocycles. The molecule has 0 aliphatic carbocycles. The van der Waals surface area contributed by atoms with Gasteiger partial charge in [0.2, 0.25) is 0 Å². The summed E-state index contributed by atoms with van der Waals surface area (Å²) in [7, 11) is 0. The SMILES string of the molecule is ClCC(CCOc1ccccc1)c1cccc(Br)c1. The first kappa shape index (κ1) is 14.4. The van der Waals surface area contributed by atoms with Crippen molar-refractivity contribution in [2.75, 3.05) is 12.5 Å². The zero-order valence-corrected chi connectivity index (χ0v) is 12.9. The van der Waals surface area contributed by atoms with Crippen molar-refractivity contribution in [1.82, 2.24) is 0 Å². The molecule has 0 spiro atoms. The standard InChI is InChI=1S/C16H16BrClO/c17-15-6-4-5-13(11-15)14(12-18)9-10-19-16-7-2-1-3-8-16/h1-8,11,14H,9-10,12H2. The van der Waals surface area contributed by atoms with Crippen molar-refractivity contribution in [3.63, 3.8) is 0 Å². The van der Waals surface area contributed by atoms with Crippen LogP contribution < -0.4 is 4.74 Å². The Morgan fingerprint density at radius 2 is 1.84 bits per heavy atom. The van der Waals surface area contributed by atoms with Crippen LogP contribution in [-0.2, 0) is 0 Å². The van der Waals surface area contributed by atoms with E-state index in [0.29, 0.717) is 18.4 Å². The van der Waals surface area contributed by atoms with Gasteiger partial charge in [0.25, 0.3) is 0 Å². The second kappa shape index (κ2) is 7.56. The number of halogens is 2. The van der Waals surface area contributed by atoms with Crippen molar-refractivity contribution >= 4 is 27.5 Å². The van der Waals surface area contributed by atoms with E-state index >= 15 is 0 Å². The van der Waals surface area contributed by atoms with E-state index in [2.05, 4.69) is 28.1 Å². The van der Waals surface area contributed by atoms with Crippen molar-refractivity contribution in [2.24, 2.45) is 0 Å². The molecule has 1 nitrogen and oxygen atoms in total. The molecule has 0 bridgehead atoms. The van der Waals surface area contributed by atoms with Crippen LogP contribution in [0.15, 0.2) is 59.1 Å². The van der Waals surface area contributed by atoms with Crippen molar-refractivity contribution < 1.29 is 4.74 Å². The maximum atomic E-state index is 6.07. The fourth-order valence-corrected chi connectivity index (χ4v) is 2.68. The van der Waals surface area contributed by atoms with Gasteiger partial charge < -0.3 is 4.74 Å². The van der Waals surface area contributed by atoms with Gasteiger partial charge in [0.1, 0.15) is 5.75 Å². The highest BCUT2D eigenvalue weighted by Gasteiger charge is 2.10. The molecule has 100 valence electrons. The van der Waals surface area contributed by atoms with E-state index in [1.54, 1.807) is 0 Å². The molecule has 1 atom stereocenters. The lowest BCUT2D eigenvalue weighted by Crippen LogP contribution is -2.07. The van der Waals surface area contributed by atoms with Crippen LogP contribution >= 0.6 is 27.5 Å². The number of alkyl halides is 1. The number of hydrogen-bond donors (Lipinski definition) is 0. The van der Waals surface area contributed by atoms with Crippen LogP contribution in [-0.4, -0.2) is 12.5 Å². The van der Waals surface area contributed by atoms with E-state index in [9.17, 15) is 0 Å². The van der Waals surface area contributed by atoms with Crippen LogP contribution in [0.1, 0.15) is 17.9 Å². The molecule has 2 aromatic rings. The summed E-state index contributed by atoms with van der Waals surface area (Å²) in [6, 6.07) is 18.2. The van der Waals surface area contributed by atoms with E-state index in [4.69, 9.17) is 16.3 Å². The predicted octanol–water partition coefficient (Wildman–Crippen LogP) is 5.24. The molecule has 0 fully saturated rings. The molecule has 0 aromatic heterocycles. The van der Waals surface area contributed by atoms with Crippen LogP contribution in [0.2, 0.25) is 0 Å². The number of benzene rings is 2. The topological polar surface area (TPSA) is 9.23 Å². The molecule has 0 heterocycles. The fraction of sp³-hybridized carbons (Fsp3) is 0.250. The average molecular weight is 340 g/mol. The fourth-order valence-electron chi connectivity index (χ4n) is 1.93. The van der Waals surface area contributed by atoms with Gasteiger partial charge in [-0.1, -0.05) is 46.3 Å². The summed E-state index contributed by atoms with van der Waals surface area (Å²) in [6.07, 6.45) is 0.912.